The minimum absolute atomic E-state index is 0.508. The first kappa shape index (κ1) is 29.2. The zero-order chi connectivity index (χ0) is 31.1. The van der Waals surface area contributed by atoms with Gasteiger partial charge in [0.25, 0.3) is 0 Å². The molecule has 0 amide bonds. The molecular weight excluding hydrogens is 589 g/mol. The summed E-state index contributed by atoms with van der Waals surface area (Å²) in [7, 11) is 0. The topological polar surface area (TPSA) is 72.8 Å². The number of hydrogen-bond acceptors (Lipinski definition) is 2. The molecule has 0 saturated heterocycles. The van der Waals surface area contributed by atoms with Gasteiger partial charge in [-0.2, -0.15) is 0 Å². The van der Waals surface area contributed by atoms with Crippen molar-refractivity contribution in [1.29, 1.82) is 0 Å². The molecular formula is C42H64N6. The van der Waals surface area contributed by atoms with Gasteiger partial charge in [-0.1, -0.05) is 0 Å². The Bertz CT molecular complexity index is 1120. The molecule has 0 unspecified atom stereocenters. The summed E-state index contributed by atoms with van der Waals surface area (Å²) in [4.78, 5) is 11.6. The summed E-state index contributed by atoms with van der Waals surface area (Å²) in [6.45, 7) is 0. The highest BCUT2D eigenvalue weighted by molar-refractivity contribution is 5.86. The third-order valence-corrected chi connectivity index (χ3v) is 18.3. The highest BCUT2D eigenvalue weighted by Gasteiger charge is 2.52. The van der Waals surface area contributed by atoms with Crippen molar-refractivity contribution in [1.82, 2.24) is 21.5 Å². The van der Waals surface area contributed by atoms with Crippen molar-refractivity contribution in [3.05, 3.63) is 0 Å². The van der Waals surface area contributed by atoms with E-state index in [0.717, 1.165) is 107 Å². The zero-order valence-electron chi connectivity index (χ0n) is 29.6. The Labute approximate surface area is 290 Å². The van der Waals surface area contributed by atoms with Crippen molar-refractivity contribution in [3.8, 4) is 0 Å². The van der Waals surface area contributed by atoms with E-state index in [0.29, 0.717) is 24.2 Å². The van der Waals surface area contributed by atoms with Crippen LogP contribution in [0.5, 0.6) is 0 Å². The molecule has 262 valence electrons. The number of nitrogens with zero attached hydrogens (tertiary/aromatic N) is 2. The van der Waals surface area contributed by atoms with Gasteiger partial charge in [-0.25, -0.2) is 9.98 Å². The van der Waals surface area contributed by atoms with Crippen LogP contribution in [0.3, 0.4) is 0 Å². The van der Waals surface area contributed by atoms with Crippen molar-refractivity contribution in [2.24, 2.45) is 105 Å². The normalized spacial score (nSPS) is 57.8. The highest BCUT2D eigenvalue weighted by atomic mass is 15.5. The zero-order valence-corrected chi connectivity index (χ0v) is 29.6. The van der Waals surface area contributed by atoms with Crippen molar-refractivity contribution in [3.63, 3.8) is 0 Å². The molecule has 0 aromatic heterocycles. The fourth-order valence-electron chi connectivity index (χ4n) is 17.5. The van der Waals surface area contributed by atoms with Crippen LogP contribution in [-0.4, -0.2) is 36.1 Å². The number of rotatable bonds is 4. The molecule has 16 aliphatic carbocycles. The molecule has 0 aliphatic heterocycles. The smallest absolute Gasteiger partial charge is 0.210 e. The Kier molecular flexibility index (Phi) is 6.69. The standard InChI is InChI=1S/C42H64N6/c1-21-5-29-7-22(1)8-30(6-21)37(29)43-41(44-38-31-9-23-2-24(11-31)12-32(38)10-23)47-48-42(45-39-33-13-25-3-26(15-33)16-34(39)14-25)46-40-35-17-27-4-28(19-35)20-36(40)18-27/h21-40H,1-20H2,(H2,43,44,47)(H2,45,46,48). The predicted octanol–water partition coefficient (Wildman–Crippen LogP) is 7.27. The maximum atomic E-state index is 5.79. The second-order valence-corrected chi connectivity index (χ2v) is 21.2. The first-order valence-electron chi connectivity index (χ1n) is 21.8. The van der Waals surface area contributed by atoms with E-state index in [4.69, 9.17) is 9.98 Å². The molecule has 0 heterocycles. The van der Waals surface area contributed by atoms with E-state index in [9.17, 15) is 0 Å². The van der Waals surface area contributed by atoms with Gasteiger partial charge < -0.3 is 10.6 Å². The third kappa shape index (κ3) is 4.88. The molecule has 16 aliphatic rings. The van der Waals surface area contributed by atoms with Gasteiger partial charge in [-0.15, -0.1) is 0 Å². The summed E-state index contributed by atoms with van der Waals surface area (Å²) >= 11 is 0. The second-order valence-electron chi connectivity index (χ2n) is 21.2. The summed E-state index contributed by atoms with van der Waals surface area (Å²) in [6.07, 6.45) is 29.2. The summed E-state index contributed by atoms with van der Waals surface area (Å²) < 4.78 is 0. The van der Waals surface area contributed by atoms with Gasteiger partial charge in [0.1, 0.15) is 0 Å². The fourth-order valence-corrected chi connectivity index (χ4v) is 17.5. The van der Waals surface area contributed by atoms with E-state index in [1.807, 2.05) is 0 Å². The number of aliphatic imine (C=N–C) groups is 2. The third-order valence-electron chi connectivity index (χ3n) is 18.3. The lowest BCUT2D eigenvalue weighted by Crippen LogP contribution is -2.63. The van der Waals surface area contributed by atoms with Crippen LogP contribution >= 0.6 is 0 Å². The SMILES string of the molecule is C1C2CC3CC1CC(C2)C3N=C(NNC(=NC1C2CC3CC(C2)CC1C3)NC1C2CC3CC(C2)CC1C3)NC1C2CC3CC(C2)CC1C3. The first-order chi connectivity index (χ1) is 23.6. The lowest BCUT2D eigenvalue weighted by Gasteiger charge is -2.55. The second kappa shape index (κ2) is 11.0. The number of hydrogen-bond donors (Lipinski definition) is 4. The van der Waals surface area contributed by atoms with Crippen LogP contribution in [0.4, 0.5) is 0 Å². The van der Waals surface area contributed by atoms with Gasteiger partial charge in [-0.3, -0.25) is 10.9 Å². The molecule has 16 rings (SSSR count). The molecule has 0 atom stereocenters. The molecule has 0 radical (unpaired) electrons. The van der Waals surface area contributed by atoms with E-state index >= 15 is 0 Å². The van der Waals surface area contributed by atoms with Gasteiger partial charge in [-0.05, 0) is 223 Å². The Balaban J connectivity index is 0.844. The molecule has 16 bridgehead atoms. The van der Waals surface area contributed by atoms with Crippen LogP contribution < -0.4 is 21.5 Å². The quantitative estimate of drug-likeness (QED) is 0.147. The summed E-state index contributed by atoms with van der Waals surface area (Å²) in [5, 5.41) is 8.43. The monoisotopic (exact) mass is 653 g/mol. The van der Waals surface area contributed by atoms with Crippen LogP contribution in [-0.2, 0) is 0 Å². The summed E-state index contributed by atoms with van der Waals surface area (Å²) in [5.74, 6) is 16.8. The molecule has 4 N–H and O–H groups in total. The van der Waals surface area contributed by atoms with Crippen molar-refractivity contribution >= 4 is 11.9 Å². The lowest BCUT2D eigenvalue weighted by atomic mass is 9.54. The van der Waals surface area contributed by atoms with E-state index in [1.165, 1.54) is 128 Å². The van der Waals surface area contributed by atoms with Crippen LogP contribution in [0.1, 0.15) is 128 Å². The molecule has 6 heteroatoms. The predicted molar refractivity (Wildman–Crippen MR) is 191 cm³/mol. The lowest BCUT2D eigenvalue weighted by molar-refractivity contribution is -0.00914. The molecule has 16 saturated carbocycles. The van der Waals surface area contributed by atoms with E-state index in [2.05, 4.69) is 21.5 Å². The van der Waals surface area contributed by atoms with Gasteiger partial charge in [0.15, 0.2) is 0 Å². The average Bonchev–Trinajstić information content (AvgIpc) is 3.04. The van der Waals surface area contributed by atoms with Crippen LogP contribution in [0.15, 0.2) is 9.98 Å². The fraction of sp³-hybridized carbons (Fsp3) is 0.952. The molecule has 16 fully saturated rings. The Morgan fingerprint density at radius 1 is 0.292 bits per heavy atom. The van der Waals surface area contributed by atoms with E-state index in [-0.39, 0.29) is 0 Å². The minimum Gasteiger partial charge on any atom is -0.352 e. The molecule has 6 nitrogen and oxygen atoms in total. The number of hydrazine groups is 1. The van der Waals surface area contributed by atoms with Crippen LogP contribution in [0.25, 0.3) is 0 Å². The number of guanidine groups is 2. The summed E-state index contributed by atoms with van der Waals surface area (Å²) in [6, 6.07) is 2.22. The molecule has 0 aromatic carbocycles. The Hall–Kier alpha value is -1.46. The summed E-state index contributed by atoms with van der Waals surface area (Å²) in [5.41, 5.74) is 7.76. The highest BCUT2D eigenvalue weighted by Crippen LogP contribution is 2.57. The van der Waals surface area contributed by atoms with Gasteiger partial charge in [0.2, 0.25) is 11.9 Å². The van der Waals surface area contributed by atoms with Crippen molar-refractivity contribution in [2.75, 3.05) is 0 Å². The number of nitrogens with one attached hydrogen (secondary N) is 4. The Morgan fingerprint density at radius 2 is 0.521 bits per heavy atom. The van der Waals surface area contributed by atoms with E-state index in [1.54, 1.807) is 0 Å². The van der Waals surface area contributed by atoms with Crippen LogP contribution in [0, 0.1) is 94.7 Å². The largest absolute Gasteiger partial charge is 0.352 e. The first-order valence-corrected chi connectivity index (χ1v) is 21.8. The van der Waals surface area contributed by atoms with E-state index < -0.39 is 0 Å². The Morgan fingerprint density at radius 3 is 0.771 bits per heavy atom. The molecule has 48 heavy (non-hydrogen) atoms. The maximum Gasteiger partial charge on any atom is 0.210 e. The van der Waals surface area contributed by atoms with Crippen molar-refractivity contribution in [2.45, 2.75) is 153 Å². The van der Waals surface area contributed by atoms with Crippen molar-refractivity contribution < 1.29 is 0 Å². The van der Waals surface area contributed by atoms with Crippen LogP contribution in [0.2, 0.25) is 0 Å². The van der Waals surface area contributed by atoms with Gasteiger partial charge >= 0.3 is 0 Å². The maximum absolute atomic E-state index is 5.79. The average molecular weight is 653 g/mol. The minimum atomic E-state index is 0.508. The van der Waals surface area contributed by atoms with Gasteiger partial charge in [0, 0.05) is 12.1 Å². The van der Waals surface area contributed by atoms with Gasteiger partial charge in [0.05, 0.1) is 12.1 Å². The molecule has 0 spiro atoms. The molecule has 0 aromatic rings.